The molecule has 3 rings (SSSR count). The summed E-state index contributed by atoms with van der Waals surface area (Å²) < 4.78 is 0. The minimum Gasteiger partial charge on any atom is -0.341 e. The van der Waals surface area contributed by atoms with Crippen molar-refractivity contribution in [3.8, 4) is 0 Å². The summed E-state index contributed by atoms with van der Waals surface area (Å²) in [7, 11) is 0. The van der Waals surface area contributed by atoms with E-state index in [9.17, 15) is 9.59 Å². The van der Waals surface area contributed by atoms with Crippen LogP contribution < -0.4 is 0 Å². The van der Waals surface area contributed by atoms with E-state index in [4.69, 9.17) is 0 Å². The van der Waals surface area contributed by atoms with Gasteiger partial charge in [-0.2, -0.15) is 0 Å². The Morgan fingerprint density at radius 1 is 0.769 bits per heavy atom. The van der Waals surface area contributed by atoms with E-state index in [1.807, 2.05) is 42.2 Å². The van der Waals surface area contributed by atoms with Crippen LogP contribution in [0.2, 0.25) is 0 Å². The lowest BCUT2D eigenvalue weighted by molar-refractivity contribution is -0.136. The minimum absolute atomic E-state index is 0.0962. The molecule has 5 heteroatoms. The quantitative estimate of drug-likeness (QED) is 0.835. The summed E-state index contributed by atoms with van der Waals surface area (Å²) in [5.41, 5.74) is 0.745. The van der Waals surface area contributed by atoms with E-state index in [1.54, 1.807) is 0 Å². The molecule has 0 saturated carbocycles. The first-order valence-electron chi connectivity index (χ1n) is 10.0. The van der Waals surface area contributed by atoms with Gasteiger partial charge in [0, 0.05) is 44.8 Å². The van der Waals surface area contributed by atoms with Gasteiger partial charge in [-0.3, -0.25) is 14.5 Å². The topological polar surface area (TPSA) is 43.9 Å². The van der Waals surface area contributed by atoms with Crippen LogP contribution in [0.5, 0.6) is 0 Å². The highest BCUT2D eigenvalue weighted by atomic mass is 16.2. The molecule has 1 aromatic carbocycles. The molecule has 2 heterocycles. The minimum atomic E-state index is -0.0973. The summed E-state index contributed by atoms with van der Waals surface area (Å²) in [6.45, 7) is 6.91. The Kier molecular flexibility index (Phi) is 6.67. The molecular weight excluding hydrogens is 326 g/mol. The van der Waals surface area contributed by atoms with Crippen LogP contribution in [-0.4, -0.2) is 71.8 Å². The number of hydrogen-bond acceptors (Lipinski definition) is 3. The van der Waals surface area contributed by atoms with E-state index in [0.29, 0.717) is 6.54 Å². The largest absolute Gasteiger partial charge is 0.341 e. The number of likely N-dealkylation sites (tertiary alicyclic amines) is 1. The Balaban J connectivity index is 1.57. The number of carbonyl (C=O) groups is 2. The Bertz CT molecular complexity index is 597. The van der Waals surface area contributed by atoms with Crippen LogP contribution in [0.3, 0.4) is 0 Å². The molecule has 0 bridgehead atoms. The van der Waals surface area contributed by atoms with Gasteiger partial charge < -0.3 is 9.80 Å². The summed E-state index contributed by atoms with van der Waals surface area (Å²) in [4.78, 5) is 31.8. The molecule has 2 amide bonds. The highest BCUT2D eigenvalue weighted by Crippen LogP contribution is 2.15. The monoisotopic (exact) mass is 357 g/mol. The lowest BCUT2D eigenvalue weighted by Crippen LogP contribution is -2.48. The van der Waals surface area contributed by atoms with Crippen molar-refractivity contribution in [2.24, 2.45) is 0 Å². The van der Waals surface area contributed by atoms with Crippen molar-refractivity contribution in [2.75, 3.05) is 39.3 Å². The maximum atomic E-state index is 12.9. The fraction of sp³-hybridized carbons (Fsp3) is 0.619. The zero-order chi connectivity index (χ0) is 18.4. The molecule has 5 nitrogen and oxygen atoms in total. The molecule has 0 N–H and O–H groups in total. The lowest BCUT2D eigenvalue weighted by atomic mass is 10.2. The maximum absolute atomic E-state index is 12.9. The molecule has 2 aliphatic rings. The predicted molar refractivity (Wildman–Crippen MR) is 103 cm³/mol. The Labute approximate surface area is 156 Å². The Hall–Kier alpha value is -1.88. The average molecular weight is 357 g/mol. The second-order valence-electron chi connectivity index (χ2n) is 7.46. The predicted octanol–water partition coefficient (Wildman–Crippen LogP) is 2.63. The Morgan fingerprint density at radius 2 is 1.42 bits per heavy atom. The van der Waals surface area contributed by atoms with Gasteiger partial charge >= 0.3 is 0 Å². The van der Waals surface area contributed by atoms with Gasteiger partial charge in [-0.15, -0.1) is 0 Å². The molecule has 2 aliphatic heterocycles. The number of benzene rings is 1. The van der Waals surface area contributed by atoms with Crippen molar-refractivity contribution >= 4 is 11.8 Å². The Morgan fingerprint density at radius 3 is 2.12 bits per heavy atom. The molecule has 142 valence electrons. The highest BCUT2D eigenvalue weighted by molar-refractivity contribution is 5.94. The first-order valence-corrected chi connectivity index (χ1v) is 10.0. The van der Waals surface area contributed by atoms with Crippen LogP contribution >= 0.6 is 0 Å². The first-order chi connectivity index (χ1) is 12.7. The zero-order valence-corrected chi connectivity index (χ0v) is 15.9. The van der Waals surface area contributed by atoms with Crippen molar-refractivity contribution in [1.29, 1.82) is 0 Å². The molecule has 1 atom stereocenters. The summed E-state index contributed by atoms with van der Waals surface area (Å²) >= 11 is 0. The molecule has 0 unspecified atom stereocenters. The van der Waals surface area contributed by atoms with E-state index in [2.05, 4.69) is 9.80 Å². The van der Waals surface area contributed by atoms with Crippen LogP contribution in [0.15, 0.2) is 30.3 Å². The summed E-state index contributed by atoms with van der Waals surface area (Å²) in [6, 6.07) is 9.38. The molecule has 0 radical (unpaired) electrons. The van der Waals surface area contributed by atoms with Crippen molar-refractivity contribution < 1.29 is 9.59 Å². The third-order valence-corrected chi connectivity index (χ3v) is 5.66. The molecule has 0 aromatic heterocycles. The van der Waals surface area contributed by atoms with Gasteiger partial charge in [-0.25, -0.2) is 0 Å². The number of carbonyl (C=O) groups excluding carboxylic acids is 2. The average Bonchev–Trinajstić information content (AvgIpc) is 3.10. The molecule has 0 aliphatic carbocycles. The van der Waals surface area contributed by atoms with E-state index in [1.165, 1.54) is 12.8 Å². The van der Waals surface area contributed by atoms with Crippen molar-refractivity contribution in [3.05, 3.63) is 35.9 Å². The number of amides is 2. The molecule has 26 heavy (non-hydrogen) atoms. The van der Waals surface area contributed by atoms with E-state index >= 15 is 0 Å². The van der Waals surface area contributed by atoms with Gasteiger partial charge in [0.15, 0.2) is 0 Å². The molecule has 2 saturated heterocycles. The van der Waals surface area contributed by atoms with Gasteiger partial charge in [0.2, 0.25) is 5.91 Å². The number of rotatable bonds is 3. The molecular formula is C21H31N3O2. The van der Waals surface area contributed by atoms with Crippen molar-refractivity contribution in [1.82, 2.24) is 14.7 Å². The van der Waals surface area contributed by atoms with Gasteiger partial charge in [0.25, 0.3) is 5.91 Å². The van der Waals surface area contributed by atoms with Gasteiger partial charge in [-0.1, -0.05) is 31.0 Å². The standard InChI is InChI=1S/C21H31N3O2/c1-18(20(25)23-12-7-2-3-8-13-23)22-14-9-15-24(17-16-22)21(26)19-10-5-4-6-11-19/h4-6,10-11,18H,2-3,7-9,12-17H2,1H3/t18-/m0/s1. The number of hydrogen-bond donors (Lipinski definition) is 0. The van der Waals surface area contributed by atoms with Crippen LogP contribution in [0.1, 0.15) is 49.4 Å². The summed E-state index contributed by atoms with van der Waals surface area (Å²) in [6.07, 6.45) is 5.63. The smallest absolute Gasteiger partial charge is 0.253 e. The first kappa shape index (κ1) is 18.9. The fourth-order valence-electron chi connectivity index (χ4n) is 4.00. The SMILES string of the molecule is C[C@@H](C(=O)N1CCCCCC1)N1CCCN(C(=O)c2ccccc2)CC1. The molecule has 2 fully saturated rings. The molecule has 0 spiro atoms. The van der Waals surface area contributed by atoms with Crippen LogP contribution in [0.4, 0.5) is 0 Å². The maximum Gasteiger partial charge on any atom is 0.253 e. The molecule has 1 aromatic rings. The van der Waals surface area contributed by atoms with Crippen molar-refractivity contribution in [2.45, 2.75) is 45.1 Å². The summed E-state index contributed by atoms with van der Waals surface area (Å²) in [5.74, 6) is 0.355. The lowest BCUT2D eigenvalue weighted by Gasteiger charge is -2.31. The second-order valence-corrected chi connectivity index (χ2v) is 7.46. The van der Waals surface area contributed by atoms with Crippen molar-refractivity contribution in [3.63, 3.8) is 0 Å². The fourth-order valence-corrected chi connectivity index (χ4v) is 4.00. The zero-order valence-electron chi connectivity index (χ0n) is 15.9. The van der Waals surface area contributed by atoms with E-state index in [0.717, 1.165) is 57.5 Å². The number of nitrogens with zero attached hydrogens (tertiary/aromatic N) is 3. The van der Waals surface area contributed by atoms with Gasteiger partial charge in [-0.05, 0) is 38.3 Å². The second kappa shape index (κ2) is 9.17. The third-order valence-electron chi connectivity index (χ3n) is 5.66. The summed E-state index contributed by atoms with van der Waals surface area (Å²) in [5, 5.41) is 0. The normalized spacial score (nSPS) is 21.0. The van der Waals surface area contributed by atoms with E-state index in [-0.39, 0.29) is 17.9 Å². The third kappa shape index (κ3) is 4.64. The highest BCUT2D eigenvalue weighted by Gasteiger charge is 2.29. The van der Waals surface area contributed by atoms with Crippen LogP contribution in [-0.2, 0) is 4.79 Å². The van der Waals surface area contributed by atoms with Crippen LogP contribution in [0, 0.1) is 0 Å². The van der Waals surface area contributed by atoms with E-state index < -0.39 is 0 Å². The van der Waals surface area contributed by atoms with Crippen LogP contribution in [0.25, 0.3) is 0 Å². The van der Waals surface area contributed by atoms with Gasteiger partial charge in [0.05, 0.1) is 6.04 Å². The van der Waals surface area contributed by atoms with Gasteiger partial charge in [0.1, 0.15) is 0 Å².